The lowest BCUT2D eigenvalue weighted by Crippen LogP contribution is -2.67. The predicted octanol–water partition coefficient (Wildman–Crippen LogP) is 6.27. The quantitative estimate of drug-likeness (QED) is 0.187. The number of alkyl halides is 12. The molecule has 1 aliphatic heterocycles. The van der Waals surface area contributed by atoms with Crippen LogP contribution in [0.3, 0.4) is 0 Å². The molecule has 0 aromatic heterocycles. The Bertz CT molecular complexity index is 1110. The number of carbonyl (C=O) groups excluding carboxylic acids is 1. The standard InChI is InChI=1S/C20H11F12NO3/c1-35-12-6-2-10(3-7-12)11-4-8-13(9-5-11)36-14(34)15(21,22)18(27,28)33-19(29,30)16(23,24)17(25,26)20(33,31)32/h2-9H,1H3. The van der Waals surface area contributed by atoms with Crippen molar-refractivity contribution >= 4 is 5.97 Å². The van der Waals surface area contributed by atoms with E-state index in [2.05, 4.69) is 4.74 Å². The molecular weight excluding hydrogens is 530 g/mol. The van der Waals surface area contributed by atoms with Gasteiger partial charge in [0.15, 0.2) is 0 Å². The van der Waals surface area contributed by atoms with Gasteiger partial charge < -0.3 is 9.47 Å². The Balaban J connectivity index is 1.88. The second kappa shape index (κ2) is 8.18. The van der Waals surface area contributed by atoms with E-state index in [4.69, 9.17) is 4.74 Å². The van der Waals surface area contributed by atoms with Crippen LogP contribution in [-0.2, 0) is 4.79 Å². The SMILES string of the molecule is COc1ccc(-c2ccc(OC(=O)C(F)(F)C(F)(F)N3C(F)(F)C(F)(F)C(F)(F)C3(F)F)cc2)cc1. The van der Waals surface area contributed by atoms with E-state index in [0.717, 1.165) is 24.3 Å². The highest BCUT2D eigenvalue weighted by atomic mass is 19.4. The van der Waals surface area contributed by atoms with Gasteiger partial charge in [-0.25, -0.2) is 4.79 Å². The molecule has 0 atom stereocenters. The summed E-state index contributed by atoms with van der Waals surface area (Å²) < 4.78 is 173. The number of hydrogen-bond donors (Lipinski definition) is 0. The number of rotatable bonds is 6. The molecule has 0 saturated carbocycles. The monoisotopic (exact) mass is 541 g/mol. The van der Waals surface area contributed by atoms with E-state index in [1.165, 1.54) is 31.4 Å². The molecule has 0 N–H and O–H groups in total. The Morgan fingerprint density at radius 3 is 1.42 bits per heavy atom. The fourth-order valence-corrected chi connectivity index (χ4v) is 3.12. The second-order valence-electron chi connectivity index (χ2n) is 7.32. The highest BCUT2D eigenvalue weighted by Crippen LogP contribution is 2.66. The van der Waals surface area contributed by atoms with Crippen LogP contribution < -0.4 is 9.47 Å². The minimum absolute atomic E-state index is 0.357. The zero-order valence-corrected chi connectivity index (χ0v) is 17.3. The van der Waals surface area contributed by atoms with Crippen molar-refractivity contribution in [2.75, 3.05) is 7.11 Å². The maximum absolute atomic E-state index is 14.1. The van der Waals surface area contributed by atoms with Crippen LogP contribution in [0.5, 0.6) is 11.5 Å². The highest BCUT2D eigenvalue weighted by Gasteiger charge is 2.98. The third kappa shape index (κ3) is 3.64. The molecule has 36 heavy (non-hydrogen) atoms. The molecule has 0 spiro atoms. The summed E-state index contributed by atoms with van der Waals surface area (Å²) in [5.41, 5.74) is 0.862. The summed E-state index contributed by atoms with van der Waals surface area (Å²) in [4.78, 5) is 7.98. The van der Waals surface area contributed by atoms with Crippen molar-refractivity contribution in [1.82, 2.24) is 4.90 Å². The van der Waals surface area contributed by atoms with Crippen LogP contribution in [0.1, 0.15) is 0 Å². The van der Waals surface area contributed by atoms with Gasteiger partial charge in [-0.05, 0) is 35.4 Å². The van der Waals surface area contributed by atoms with Crippen molar-refractivity contribution in [3.8, 4) is 22.6 Å². The van der Waals surface area contributed by atoms with Crippen molar-refractivity contribution < 1.29 is 67.0 Å². The van der Waals surface area contributed by atoms with Crippen LogP contribution in [0.25, 0.3) is 11.1 Å². The largest absolute Gasteiger partial charge is 0.497 e. The Morgan fingerprint density at radius 1 is 0.694 bits per heavy atom. The summed E-state index contributed by atoms with van der Waals surface area (Å²) in [6.07, 6.45) is 0. The molecule has 198 valence electrons. The minimum atomic E-state index is -7.27. The molecule has 1 heterocycles. The minimum Gasteiger partial charge on any atom is -0.497 e. The van der Waals surface area contributed by atoms with Crippen molar-refractivity contribution in [3.05, 3.63) is 48.5 Å². The Labute approximate surface area is 193 Å². The third-order valence-electron chi connectivity index (χ3n) is 5.11. The number of hydrogen-bond acceptors (Lipinski definition) is 4. The number of benzene rings is 2. The molecule has 0 bridgehead atoms. The molecule has 0 unspecified atom stereocenters. The third-order valence-corrected chi connectivity index (χ3v) is 5.11. The van der Waals surface area contributed by atoms with Crippen molar-refractivity contribution in [2.45, 2.75) is 35.9 Å². The summed E-state index contributed by atoms with van der Waals surface area (Å²) in [5, 5.41) is 0. The van der Waals surface area contributed by atoms with Gasteiger partial charge in [-0.1, -0.05) is 24.3 Å². The van der Waals surface area contributed by atoms with Crippen molar-refractivity contribution in [1.29, 1.82) is 0 Å². The zero-order valence-electron chi connectivity index (χ0n) is 17.3. The Hall–Kier alpha value is -3.17. The van der Waals surface area contributed by atoms with Gasteiger partial charge in [0, 0.05) is 0 Å². The predicted molar refractivity (Wildman–Crippen MR) is 95.6 cm³/mol. The van der Waals surface area contributed by atoms with Crippen LogP contribution in [0.15, 0.2) is 48.5 Å². The summed E-state index contributed by atoms with van der Waals surface area (Å²) in [5.74, 6) is -25.1. The first-order chi connectivity index (χ1) is 16.3. The van der Waals surface area contributed by atoms with E-state index in [1.807, 2.05) is 0 Å². The molecular formula is C20H11F12NO3. The molecule has 3 rings (SSSR count). The molecule has 1 fully saturated rings. The van der Waals surface area contributed by atoms with Crippen LogP contribution in [0.4, 0.5) is 52.7 Å². The van der Waals surface area contributed by atoms with Crippen LogP contribution in [0, 0.1) is 0 Å². The molecule has 16 heteroatoms. The van der Waals surface area contributed by atoms with Crippen molar-refractivity contribution in [2.24, 2.45) is 0 Å². The maximum Gasteiger partial charge on any atom is 0.419 e. The van der Waals surface area contributed by atoms with E-state index in [1.54, 1.807) is 0 Å². The molecule has 4 nitrogen and oxygen atoms in total. The Kier molecular flexibility index (Phi) is 6.23. The molecule has 0 radical (unpaired) electrons. The van der Waals surface area contributed by atoms with E-state index >= 15 is 0 Å². The Morgan fingerprint density at radius 2 is 1.06 bits per heavy atom. The van der Waals surface area contributed by atoms with E-state index in [9.17, 15) is 57.5 Å². The molecule has 1 saturated heterocycles. The fourth-order valence-electron chi connectivity index (χ4n) is 3.12. The zero-order chi connectivity index (χ0) is 27.5. The van der Waals surface area contributed by atoms with Gasteiger partial charge >= 0.3 is 41.9 Å². The molecule has 0 aliphatic carbocycles. The normalized spacial score (nSPS) is 20.7. The number of halogens is 12. The lowest BCUT2D eigenvalue weighted by Gasteiger charge is -2.37. The topological polar surface area (TPSA) is 38.8 Å². The number of carbonyl (C=O) groups is 1. The van der Waals surface area contributed by atoms with Gasteiger partial charge in [-0.2, -0.15) is 52.7 Å². The van der Waals surface area contributed by atoms with Gasteiger partial charge in [-0.3, -0.25) is 0 Å². The number of methoxy groups -OCH3 is 1. The van der Waals surface area contributed by atoms with Gasteiger partial charge in [0.1, 0.15) is 11.5 Å². The lowest BCUT2D eigenvalue weighted by molar-refractivity contribution is -0.401. The average molecular weight is 541 g/mol. The number of nitrogens with zero attached hydrogens (tertiary/aromatic N) is 1. The van der Waals surface area contributed by atoms with E-state index < -0.39 is 52.5 Å². The number of likely N-dealkylation sites (tertiary alicyclic amines) is 1. The van der Waals surface area contributed by atoms with Crippen molar-refractivity contribution in [3.63, 3.8) is 0 Å². The summed E-state index contributed by atoms with van der Waals surface area (Å²) in [6.45, 7) is 0. The summed E-state index contributed by atoms with van der Waals surface area (Å²) in [7, 11) is 1.39. The van der Waals surface area contributed by atoms with Gasteiger partial charge in [-0.15, -0.1) is 4.90 Å². The molecule has 2 aromatic carbocycles. The van der Waals surface area contributed by atoms with E-state index in [0.29, 0.717) is 16.9 Å². The smallest absolute Gasteiger partial charge is 0.419 e. The first-order valence-electron chi connectivity index (χ1n) is 9.31. The first kappa shape index (κ1) is 27.4. The van der Waals surface area contributed by atoms with E-state index in [-0.39, 0.29) is 0 Å². The van der Waals surface area contributed by atoms with Gasteiger partial charge in [0.2, 0.25) is 0 Å². The summed E-state index contributed by atoms with van der Waals surface area (Å²) >= 11 is 0. The molecule has 0 amide bonds. The molecule has 2 aromatic rings. The van der Waals surface area contributed by atoms with Gasteiger partial charge in [0.05, 0.1) is 7.11 Å². The van der Waals surface area contributed by atoms with Crippen LogP contribution >= 0.6 is 0 Å². The first-order valence-corrected chi connectivity index (χ1v) is 9.31. The fraction of sp³-hybridized carbons (Fsp3) is 0.350. The van der Waals surface area contributed by atoms with Crippen LogP contribution in [-0.4, -0.2) is 53.9 Å². The van der Waals surface area contributed by atoms with Gasteiger partial charge in [0.25, 0.3) is 0 Å². The lowest BCUT2D eigenvalue weighted by atomic mass is 10.1. The average Bonchev–Trinajstić information content (AvgIpc) is 2.85. The number of esters is 1. The highest BCUT2D eigenvalue weighted by molar-refractivity contribution is 5.81. The second-order valence-corrected chi connectivity index (χ2v) is 7.32. The van der Waals surface area contributed by atoms with Crippen LogP contribution in [0.2, 0.25) is 0 Å². The maximum atomic E-state index is 14.1. The number of ether oxygens (including phenoxy) is 2. The summed E-state index contributed by atoms with van der Waals surface area (Å²) in [6, 6.07) is -11.8. The molecule has 1 aliphatic rings.